The van der Waals surface area contributed by atoms with Gasteiger partial charge in [-0.15, -0.1) is 0 Å². The Balaban J connectivity index is 2.87. The zero-order chi connectivity index (χ0) is 13.1. The van der Waals surface area contributed by atoms with Crippen LogP contribution in [0, 0.1) is 0 Å². The summed E-state index contributed by atoms with van der Waals surface area (Å²) in [5, 5.41) is -0.618. The third-order valence-corrected chi connectivity index (χ3v) is 4.84. The summed E-state index contributed by atoms with van der Waals surface area (Å²) >= 11 is 0. The van der Waals surface area contributed by atoms with Crippen LogP contribution in [-0.2, 0) is 14.6 Å². The molecule has 4 nitrogen and oxygen atoms in total. The Bertz CT molecular complexity index is 360. The third kappa shape index (κ3) is 3.79. The highest BCUT2D eigenvalue weighted by molar-refractivity contribution is 7.91. The predicted octanol–water partition coefficient (Wildman–Crippen LogP) is 1.26. The molecule has 1 rings (SSSR count). The molecule has 0 spiro atoms. The molecule has 1 aliphatic carbocycles. The first-order chi connectivity index (χ1) is 7.90. The lowest BCUT2D eigenvalue weighted by Gasteiger charge is -2.33. The van der Waals surface area contributed by atoms with E-state index in [1.807, 2.05) is 26.0 Å². The van der Waals surface area contributed by atoms with Gasteiger partial charge in [-0.25, -0.2) is 8.42 Å². The molecule has 0 bridgehead atoms. The fraction of sp³-hybridized carbons (Fsp3) is 0.833. The van der Waals surface area contributed by atoms with Gasteiger partial charge in [-0.2, -0.15) is 0 Å². The Hall–Kier alpha value is -0.390. The van der Waals surface area contributed by atoms with E-state index in [0.717, 1.165) is 12.8 Å². The molecule has 0 aromatic carbocycles. The smallest absolute Gasteiger partial charge is 0.154 e. The second-order valence-corrected chi connectivity index (χ2v) is 6.86. The van der Waals surface area contributed by atoms with Gasteiger partial charge in [-0.1, -0.05) is 26.0 Å². The maximum atomic E-state index is 11.8. The van der Waals surface area contributed by atoms with E-state index in [-0.39, 0.29) is 12.1 Å². The summed E-state index contributed by atoms with van der Waals surface area (Å²) < 4.78 is 29.4. The molecular formula is C12H23NO3S. The molecule has 0 aromatic rings. The minimum Gasteiger partial charge on any atom is -0.370 e. The van der Waals surface area contributed by atoms with Crippen LogP contribution in [0.1, 0.15) is 33.1 Å². The van der Waals surface area contributed by atoms with Gasteiger partial charge in [0, 0.05) is 12.3 Å². The SMILES string of the molecule is CCC(CC)O[C@@H]1C=CC[C@@H](N)[C@H]1S(C)(=O)=O. The maximum absolute atomic E-state index is 11.8. The number of ether oxygens (including phenoxy) is 1. The van der Waals surface area contributed by atoms with Crippen molar-refractivity contribution in [1.82, 2.24) is 0 Å². The summed E-state index contributed by atoms with van der Waals surface area (Å²) in [5.74, 6) is 0. The van der Waals surface area contributed by atoms with Crippen LogP contribution < -0.4 is 5.73 Å². The lowest BCUT2D eigenvalue weighted by molar-refractivity contribution is 0.00242. The van der Waals surface area contributed by atoms with Crippen LogP contribution in [0.2, 0.25) is 0 Å². The summed E-state index contributed by atoms with van der Waals surface area (Å²) in [4.78, 5) is 0. The van der Waals surface area contributed by atoms with E-state index >= 15 is 0 Å². The van der Waals surface area contributed by atoms with Gasteiger partial charge in [0.1, 0.15) is 5.25 Å². The molecule has 0 saturated heterocycles. The number of sulfone groups is 1. The van der Waals surface area contributed by atoms with Crippen molar-refractivity contribution in [3.8, 4) is 0 Å². The molecule has 5 heteroatoms. The van der Waals surface area contributed by atoms with E-state index in [1.165, 1.54) is 6.26 Å². The molecule has 0 unspecified atom stereocenters. The summed E-state index contributed by atoms with van der Waals surface area (Å²) in [6.45, 7) is 4.08. The second kappa shape index (κ2) is 5.98. The van der Waals surface area contributed by atoms with E-state index in [1.54, 1.807) is 0 Å². The van der Waals surface area contributed by atoms with Gasteiger partial charge >= 0.3 is 0 Å². The van der Waals surface area contributed by atoms with Gasteiger partial charge in [0.05, 0.1) is 12.2 Å². The highest BCUT2D eigenvalue weighted by Gasteiger charge is 2.37. The van der Waals surface area contributed by atoms with Crippen LogP contribution in [0.25, 0.3) is 0 Å². The molecule has 0 radical (unpaired) electrons. The number of nitrogens with two attached hydrogens (primary N) is 1. The molecule has 0 aliphatic heterocycles. The van der Waals surface area contributed by atoms with Crippen LogP contribution in [0.15, 0.2) is 12.2 Å². The third-order valence-electron chi connectivity index (χ3n) is 3.23. The molecule has 2 N–H and O–H groups in total. The van der Waals surface area contributed by atoms with Gasteiger partial charge < -0.3 is 10.5 Å². The van der Waals surface area contributed by atoms with Crippen molar-refractivity contribution in [2.75, 3.05) is 6.26 Å². The van der Waals surface area contributed by atoms with Crippen molar-refractivity contribution in [3.63, 3.8) is 0 Å². The van der Waals surface area contributed by atoms with Crippen LogP contribution in [0.4, 0.5) is 0 Å². The molecule has 100 valence electrons. The van der Waals surface area contributed by atoms with E-state index < -0.39 is 21.2 Å². The van der Waals surface area contributed by atoms with Crippen molar-refractivity contribution in [1.29, 1.82) is 0 Å². The minimum atomic E-state index is -3.19. The first kappa shape index (κ1) is 14.7. The highest BCUT2D eigenvalue weighted by Crippen LogP contribution is 2.23. The molecule has 0 fully saturated rings. The highest BCUT2D eigenvalue weighted by atomic mass is 32.2. The van der Waals surface area contributed by atoms with Crippen LogP contribution in [0.3, 0.4) is 0 Å². The molecule has 17 heavy (non-hydrogen) atoms. The maximum Gasteiger partial charge on any atom is 0.154 e. The Morgan fingerprint density at radius 2 is 2.00 bits per heavy atom. The first-order valence-electron chi connectivity index (χ1n) is 6.16. The van der Waals surface area contributed by atoms with Gasteiger partial charge in [0.25, 0.3) is 0 Å². The fourth-order valence-corrected chi connectivity index (χ4v) is 3.63. The van der Waals surface area contributed by atoms with Gasteiger partial charge in [-0.05, 0) is 19.3 Å². The normalized spacial score (nSPS) is 29.8. The zero-order valence-corrected chi connectivity index (χ0v) is 11.6. The largest absolute Gasteiger partial charge is 0.370 e. The lowest BCUT2D eigenvalue weighted by Crippen LogP contribution is -2.50. The Labute approximate surface area is 104 Å². The molecule has 0 amide bonds. The summed E-state index contributed by atoms with van der Waals surface area (Å²) in [7, 11) is -3.19. The molecule has 0 saturated carbocycles. The molecule has 0 aromatic heterocycles. The van der Waals surface area contributed by atoms with Gasteiger partial charge in [0.15, 0.2) is 9.84 Å². The van der Waals surface area contributed by atoms with Crippen molar-refractivity contribution in [2.45, 2.75) is 56.6 Å². The van der Waals surface area contributed by atoms with Crippen LogP contribution in [-0.4, -0.2) is 38.2 Å². The Morgan fingerprint density at radius 1 is 1.41 bits per heavy atom. The van der Waals surface area contributed by atoms with Crippen LogP contribution in [0.5, 0.6) is 0 Å². The lowest BCUT2D eigenvalue weighted by atomic mass is 9.99. The fourth-order valence-electron chi connectivity index (χ4n) is 2.24. The predicted molar refractivity (Wildman–Crippen MR) is 69.6 cm³/mol. The van der Waals surface area contributed by atoms with E-state index in [4.69, 9.17) is 10.5 Å². The number of rotatable bonds is 5. The van der Waals surface area contributed by atoms with Crippen molar-refractivity contribution in [2.24, 2.45) is 5.73 Å². The Kier molecular flexibility index (Phi) is 5.16. The monoisotopic (exact) mass is 261 g/mol. The number of hydrogen-bond donors (Lipinski definition) is 1. The standard InChI is InChI=1S/C12H23NO3S/c1-4-9(5-2)16-11-8-6-7-10(13)12(11)17(3,14)15/h6,8-12H,4-5,7,13H2,1-3H3/t10-,11-,12-/m1/s1. The summed E-state index contributed by atoms with van der Waals surface area (Å²) in [6, 6.07) is -0.366. The quantitative estimate of drug-likeness (QED) is 0.756. The van der Waals surface area contributed by atoms with Crippen molar-refractivity contribution >= 4 is 9.84 Å². The molecular weight excluding hydrogens is 238 g/mol. The van der Waals surface area contributed by atoms with Gasteiger partial charge in [0.2, 0.25) is 0 Å². The van der Waals surface area contributed by atoms with Crippen molar-refractivity contribution in [3.05, 3.63) is 12.2 Å². The second-order valence-electron chi connectivity index (χ2n) is 4.66. The molecule has 1 aliphatic rings. The Morgan fingerprint density at radius 3 is 2.47 bits per heavy atom. The summed E-state index contributed by atoms with van der Waals surface area (Å²) in [5.41, 5.74) is 5.90. The van der Waals surface area contributed by atoms with E-state index in [9.17, 15) is 8.42 Å². The van der Waals surface area contributed by atoms with Crippen LogP contribution >= 0.6 is 0 Å². The van der Waals surface area contributed by atoms with Crippen molar-refractivity contribution < 1.29 is 13.2 Å². The summed E-state index contributed by atoms with van der Waals surface area (Å²) in [6.07, 6.45) is 7.05. The average Bonchev–Trinajstić information content (AvgIpc) is 2.24. The average molecular weight is 261 g/mol. The number of hydrogen-bond acceptors (Lipinski definition) is 4. The molecule has 3 atom stereocenters. The first-order valence-corrected chi connectivity index (χ1v) is 8.12. The minimum absolute atomic E-state index is 0.0965. The molecule has 0 heterocycles. The van der Waals surface area contributed by atoms with E-state index in [0.29, 0.717) is 6.42 Å². The van der Waals surface area contributed by atoms with Gasteiger partial charge in [-0.3, -0.25) is 0 Å². The topological polar surface area (TPSA) is 69.4 Å². The van der Waals surface area contributed by atoms with E-state index in [2.05, 4.69) is 0 Å². The zero-order valence-electron chi connectivity index (χ0n) is 10.8.